The van der Waals surface area contributed by atoms with E-state index in [2.05, 4.69) is 0 Å². The maximum absolute atomic E-state index is 13.1. The number of hydrogen-bond acceptors (Lipinski definition) is 4. The Balaban J connectivity index is 0.00000312. The fraction of sp³-hybridized carbons (Fsp3) is 0.533. The van der Waals surface area contributed by atoms with Crippen molar-refractivity contribution in [3.05, 3.63) is 29.3 Å². The zero-order valence-electron chi connectivity index (χ0n) is 13.5. The number of piperidine rings is 1. The fourth-order valence-corrected chi connectivity index (χ4v) is 4.71. The van der Waals surface area contributed by atoms with Crippen molar-refractivity contribution in [3.8, 4) is 6.07 Å². The monoisotopic (exact) mass is 397 g/mol. The third kappa shape index (κ3) is 4.44. The summed E-state index contributed by atoms with van der Waals surface area (Å²) < 4.78 is 66.0. The molecular formula is C15H19ClF3N3O2S. The summed E-state index contributed by atoms with van der Waals surface area (Å²) in [6.07, 6.45) is -2.79. The van der Waals surface area contributed by atoms with Gasteiger partial charge in [-0.05, 0) is 38.0 Å². The van der Waals surface area contributed by atoms with E-state index in [1.807, 2.05) is 0 Å². The minimum Gasteiger partial charge on any atom is -0.326 e. The predicted octanol–water partition coefficient (Wildman–Crippen LogP) is 2.89. The van der Waals surface area contributed by atoms with Crippen molar-refractivity contribution in [2.45, 2.75) is 49.3 Å². The molecule has 1 aliphatic heterocycles. The lowest BCUT2D eigenvalue weighted by atomic mass is 10.00. The first-order chi connectivity index (χ1) is 11.1. The molecule has 10 heteroatoms. The molecule has 1 aliphatic rings. The molecule has 0 aromatic heterocycles. The Morgan fingerprint density at radius 3 is 2.52 bits per heavy atom. The van der Waals surface area contributed by atoms with E-state index >= 15 is 0 Å². The van der Waals surface area contributed by atoms with Gasteiger partial charge in [0, 0.05) is 18.6 Å². The van der Waals surface area contributed by atoms with Gasteiger partial charge in [-0.3, -0.25) is 0 Å². The second-order valence-corrected chi connectivity index (χ2v) is 7.75. The molecule has 0 spiro atoms. The van der Waals surface area contributed by atoms with Gasteiger partial charge in [-0.2, -0.15) is 22.7 Å². The largest absolute Gasteiger partial charge is 0.417 e. The van der Waals surface area contributed by atoms with Crippen LogP contribution in [0, 0.1) is 11.3 Å². The molecule has 0 radical (unpaired) electrons. The van der Waals surface area contributed by atoms with Crippen LogP contribution in [0.1, 0.15) is 37.3 Å². The smallest absolute Gasteiger partial charge is 0.326 e. The zero-order chi connectivity index (χ0) is 18.1. The quantitative estimate of drug-likeness (QED) is 0.849. The van der Waals surface area contributed by atoms with E-state index in [4.69, 9.17) is 11.0 Å². The van der Waals surface area contributed by atoms with Crippen LogP contribution < -0.4 is 5.73 Å². The molecule has 0 aliphatic carbocycles. The summed E-state index contributed by atoms with van der Waals surface area (Å²) in [6.45, 7) is 1.90. The first-order valence-corrected chi connectivity index (χ1v) is 8.92. The van der Waals surface area contributed by atoms with Crippen LogP contribution in [-0.2, 0) is 16.2 Å². The van der Waals surface area contributed by atoms with Crippen LogP contribution in [0.25, 0.3) is 0 Å². The van der Waals surface area contributed by atoms with E-state index in [9.17, 15) is 21.6 Å². The van der Waals surface area contributed by atoms with Crippen LogP contribution in [0.4, 0.5) is 13.2 Å². The number of sulfonamides is 1. The third-order valence-corrected chi connectivity index (χ3v) is 6.05. The van der Waals surface area contributed by atoms with Crippen molar-refractivity contribution in [1.29, 1.82) is 5.26 Å². The van der Waals surface area contributed by atoms with Crippen LogP contribution in [0.15, 0.2) is 23.1 Å². The van der Waals surface area contributed by atoms with E-state index in [-0.39, 0.29) is 19.0 Å². The highest BCUT2D eigenvalue weighted by Gasteiger charge is 2.38. The fourth-order valence-electron chi connectivity index (χ4n) is 2.91. The van der Waals surface area contributed by atoms with Gasteiger partial charge in [-0.15, -0.1) is 12.4 Å². The number of hydrogen-bond donors (Lipinski definition) is 1. The summed E-state index contributed by atoms with van der Waals surface area (Å²) >= 11 is 0. The Morgan fingerprint density at radius 1 is 1.36 bits per heavy atom. The summed E-state index contributed by atoms with van der Waals surface area (Å²) in [5.41, 5.74) is 3.99. The first-order valence-electron chi connectivity index (χ1n) is 7.48. The number of halogens is 4. The molecule has 1 heterocycles. The lowest BCUT2D eigenvalue weighted by molar-refractivity contribution is -0.137. The maximum atomic E-state index is 13.1. The standard InChI is InChI=1S/C15H18F3N3O2S.ClH/c1-10(20)14-4-2-3-7-21(14)24(22,23)12-6-5-11(9-19)13(8-12)15(16,17)18;/h5-6,8,10,14H,2-4,7,20H2,1H3;1H. The molecule has 0 saturated carbocycles. The summed E-state index contributed by atoms with van der Waals surface area (Å²) in [6, 6.07) is 3.01. The lowest BCUT2D eigenvalue weighted by Crippen LogP contribution is -2.51. The van der Waals surface area contributed by atoms with E-state index < -0.39 is 44.3 Å². The van der Waals surface area contributed by atoms with Gasteiger partial charge in [0.25, 0.3) is 0 Å². The molecule has 2 N–H and O–H groups in total. The van der Waals surface area contributed by atoms with E-state index in [1.54, 1.807) is 6.92 Å². The van der Waals surface area contributed by atoms with Crippen LogP contribution in [-0.4, -0.2) is 31.4 Å². The molecule has 2 unspecified atom stereocenters. The molecule has 1 aromatic rings. The second kappa shape index (κ2) is 7.91. The third-order valence-electron chi connectivity index (χ3n) is 4.13. The van der Waals surface area contributed by atoms with Gasteiger partial charge in [-0.1, -0.05) is 6.42 Å². The molecule has 1 fully saturated rings. The van der Waals surface area contributed by atoms with Gasteiger partial charge < -0.3 is 5.73 Å². The summed E-state index contributed by atoms with van der Waals surface area (Å²) in [4.78, 5) is -0.471. The number of nitriles is 1. The first kappa shape index (κ1) is 21.7. The van der Waals surface area contributed by atoms with Crippen LogP contribution in [0.5, 0.6) is 0 Å². The molecule has 5 nitrogen and oxygen atoms in total. The van der Waals surface area contributed by atoms with Crippen molar-refractivity contribution < 1.29 is 21.6 Å². The Hall–Kier alpha value is -1.34. The summed E-state index contributed by atoms with van der Waals surface area (Å²) in [5.74, 6) is 0. The predicted molar refractivity (Wildman–Crippen MR) is 88.6 cm³/mol. The van der Waals surface area contributed by atoms with Gasteiger partial charge in [0.2, 0.25) is 10.0 Å². The number of alkyl halides is 3. The van der Waals surface area contributed by atoms with Crippen molar-refractivity contribution in [1.82, 2.24) is 4.31 Å². The normalized spacial score (nSPS) is 20.4. The molecule has 2 atom stereocenters. The number of nitrogens with two attached hydrogens (primary N) is 1. The van der Waals surface area contributed by atoms with Crippen molar-refractivity contribution in [3.63, 3.8) is 0 Å². The van der Waals surface area contributed by atoms with E-state index in [0.717, 1.165) is 18.6 Å². The Labute approximate surface area is 151 Å². The highest BCUT2D eigenvalue weighted by molar-refractivity contribution is 7.89. The van der Waals surface area contributed by atoms with Crippen LogP contribution >= 0.6 is 12.4 Å². The highest BCUT2D eigenvalue weighted by atomic mass is 35.5. The van der Waals surface area contributed by atoms with Gasteiger partial charge in [0.15, 0.2) is 0 Å². The van der Waals surface area contributed by atoms with Gasteiger partial charge in [-0.25, -0.2) is 8.42 Å². The minimum atomic E-state index is -4.81. The summed E-state index contributed by atoms with van der Waals surface area (Å²) in [7, 11) is -4.12. The highest BCUT2D eigenvalue weighted by Crippen LogP contribution is 2.35. The van der Waals surface area contributed by atoms with Crippen molar-refractivity contribution in [2.75, 3.05) is 6.54 Å². The molecule has 25 heavy (non-hydrogen) atoms. The number of nitrogens with zero attached hydrogens (tertiary/aromatic N) is 2. The minimum absolute atomic E-state index is 0. The van der Waals surface area contributed by atoms with E-state index in [0.29, 0.717) is 18.9 Å². The number of benzene rings is 1. The lowest BCUT2D eigenvalue weighted by Gasteiger charge is -2.37. The molecule has 1 saturated heterocycles. The SMILES string of the molecule is CC(N)C1CCCCN1S(=O)(=O)c1ccc(C#N)c(C(F)(F)F)c1.Cl. The zero-order valence-corrected chi connectivity index (χ0v) is 15.1. The molecular weight excluding hydrogens is 379 g/mol. The van der Waals surface area contributed by atoms with Crippen molar-refractivity contribution >= 4 is 22.4 Å². The molecule has 0 bridgehead atoms. The molecule has 140 valence electrons. The molecule has 1 aromatic carbocycles. The molecule has 0 amide bonds. The molecule has 2 rings (SSSR count). The van der Waals surface area contributed by atoms with Crippen molar-refractivity contribution in [2.24, 2.45) is 5.73 Å². The average molecular weight is 398 g/mol. The second-order valence-electron chi connectivity index (χ2n) is 5.85. The Morgan fingerprint density at radius 2 is 2.00 bits per heavy atom. The Kier molecular flexibility index (Phi) is 6.87. The van der Waals surface area contributed by atoms with E-state index in [1.165, 1.54) is 10.4 Å². The Bertz CT molecular complexity index is 760. The topological polar surface area (TPSA) is 87.2 Å². The van der Waals surface area contributed by atoms with Gasteiger partial charge in [0.05, 0.1) is 22.1 Å². The maximum Gasteiger partial charge on any atom is 0.417 e. The van der Waals surface area contributed by atoms with Gasteiger partial charge >= 0.3 is 6.18 Å². The van der Waals surface area contributed by atoms with Gasteiger partial charge in [0.1, 0.15) is 0 Å². The van der Waals surface area contributed by atoms with Crippen LogP contribution in [0.2, 0.25) is 0 Å². The number of rotatable bonds is 3. The van der Waals surface area contributed by atoms with Crippen LogP contribution in [0.3, 0.4) is 0 Å². The average Bonchev–Trinajstić information content (AvgIpc) is 2.53. The summed E-state index contributed by atoms with van der Waals surface area (Å²) in [5, 5.41) is 8.81.